The van der Waals surface area contributed by atoms with E-state index in [9.17, 15) is 27.5 Å². The van der Waals surface area contributed by atoms with Gasteiger partial charge in [-0.3, -0.25) is 4.79 Å². The topological polar surface area (TPSA) is 40.5 Å². The summed E-state index contributed by atoms with van der Waals surface area (Å²) >= 11 is 0. The lowest BCUT2D eigenvalue weighted by Gasteiger charge is -2.34. The molecule has 1 fully saturated rings. The molecule has 3 rings (SSSR count). The number of aliphatic hydroxyl groups is 1. The molecule has 2 aromatic rings. The number of hydrogen-bond donors (Lipinski definition) is 1. The molecule has 0 bridgehead atoms. The molecule has 0 spiro atoms. The number of benzene rings is 2. The van der Waals surface area contributed by atoms with E-state index in [0.29, 0.717) is 38.1 Å². The fraction of sp³-hybridized carbons (Fsp3) is 0.350. The van der Waals surface area contributed by atoms with Crippen LogP contribution in [-0.2, 0) is 6.18 Å². The Kier molecular flexibility index (Phi) is 5.51. The van der Waals surface area contributed by atoms with Gasteiger partial charge in [0.05, 0.1) is 11.7 Å². The van der Waals surface area contributed by atoms with Crippen LogP contribution in [0.2, 0.25) is 0 Å². The SMILES string of the molecule is O=C(c1ccc(F)c(C(F)(F)F)c1)N1CCC(C(O)c2ccccc2)CC1. The first-order valence-corrected chi connectivity index (χ1v) is 8.66. The zero-order valence-electron chi connectivity index (χ0n) is 14.4. The third kappa shape index (κ3) is 4.30. The lowest BCUT2D eigenvalue weighted by Crippen LogP contribution is -2.39. The highest BCUT2D eigenvalue weighted by Crippen LogP contribution is 2.33. The van der Waals surface area contributed by atoms with Gasteiger partial charge in [0.25, 0.3) is 5.91 Å². The zero-order chi connectivity index (χ0) is 19.6. The minimum Gasteiger partial charge on any atom is -0.388 e. The molecule has 0 aromatic heterocycles. The molecule has 3 nitrogen and oxygen atoms in total. The van der Waals surface area contributed by atoms with Crippen molar-refractivity contribution in [3.63, 3.8) is 0 Å². The molecule has 7 heteroatoms. The summed E-state index contributed by atoms with van der Waals surface area (Å²) in [6.45, 7) is 0.651. The average Bonchev–Trinajstić information content (AvgIpc) is 2.67. The number of piperidine rings is 1. The van der Waals surface area contributed by atoms with Crippen molar-refractivity contribution < 1.29 is 27.5 Å². The van der Waals surface area contributed by atoms with E-state index >= 15 is 0 Å². The Morgan fingerprint density at radius 2 is 1.70 bits per heavy atom. The standard InChI is InChI=1S/C20H19F4NO2/c21-17-7-6-15(12-16(17)20(22,23)24)19(27)25-10-8-14(9-11-25)18(26)13-4-2-1-3-5-13/h1-7,12,14,18,26H,8-11H2. The largest absolute Gasteiger partial charge is 0.419 e. The zero-order valence-corrected chi connectivity index (χ0v) is 14.4. The van der Waals surface area contributed by atoms with Gasteiger partial charge in [0.2, 0.25) is 0 Å². The highest BCUT2D eigenvalue weighted by molar-refractivity contribution is 5.94. The monoisotopic (exact) mass is 381 g/mol. The van der Waals surface area contributed by atoms with Crippen molar-refractivity contribution in [3.05, 3.63) is 71.0 Å². The van der Waals surface area contributed by atoms with E-state index in [2.05, 4.69) is 0 Å². The maximum Gasteiger partial charge on any atom is 0.419 e. The molecule has 0 radical (unpaired) electrons. The molecule has 1 aliphatic heterocycles. The number of aliphatic hydroxyl groups excluding tert-OH is 1. The predicted octanol–water partition coefficient (Wildman–Crippen LogP) is 4.43. The van der Waals surface area contributed by atoms with Gasteiger partial charge in [0, 0.05) is 18.7 Å². The van der Waals surface area contributed by atoms with Crippen LogP contribution in [0.1, 0.15) is 40.4 Å². The number of nitrogens with zero attached hydrogens (tertiary/aromatic N) is 1. The van der Waals surface area contributed by atoms with Gasteiger partial charge in [0.15, 0.2) is 0 Å². The number of rotatable bonds is 3. The van der Waals surface area contributed by atoms with Crippen LogP contribution in [0.25, 0.3) is 0 Å². The summed E-state index contributed by atoms with van der Waals surface area (Å²) < 4.78 is 51.9. The second-order valence-corrected chi connectivity index (χ2v) is 6.68. The third-order valence-electron chi connectivity index (χ3n) is 4.93. The fourth-order valence-electron chi connectivity index (χ4n) is 3.40. The second kappa shape index (κ2) is 7.68. The fourth-order valence-corrected chi connectivity index (χ4v) is 3.40. The van der Waals surface area contributed by atoms with Gasteiger partial charge in [0.1, 0.15) is 5.82 Å². The molecule has 1 heterocycles. The van der Waals surface area contributed by atoms with Gasteiger partial charge in [-0.1, -0.05) is 30.3 Å². The minimum absolute atomic E-state index is 0.0320. The highest BCUT2D eigenvalue weighted by atomic mass is 19.4. The Balaban J connectivity index is 1.67. The van der Waals surface area contributed by atoms with Crippen LogP contribution in [0.4, 0.5) is 17.6 Å². The molecule has 1 amide bonds. The molecule has 0 aliphatic carbocycles. The predicted molar refractivity (Wildman–Crippen MR) is 91.4 cm³/mol. The number of likely N-dealkylation sites (tertiary alicyclic amines) is 1. The molecule has 144 valence electrons. The van der Waals surface area contributed by atoms with Crippen LogP contribution in [0.5, 0.6) is 0 Å². The lowest BCUT2D eigenvalue weighted by atomic mass is 9.87. The molecule has 1 N–H and O–H groups in total. The van der Waals surface area contributed by atoms with Gasteiger partial charge in [-0.2, -0.15) is 13.2 Å². The molecule has 2 aromatic carbocycles. The van der Waals surface area contributed by atoms with Crippen LogP contribution in [-0.4, -0.2) is 29.0 Å². The van der Waals surface area contributed by atoms with Crippen molar-refractivity contribution in [2.45, 2.75) is 25.1 Å². The number of alkyl halides is 3. The van der Waals surface area contributed by atoms with Crippen LogP contribution >= 0.6 is 0 Å². The van der Waals surface area contributed by atoms with Crippen molar-refractivity contribution in [1.29, 1.82) is 0 Å². The Labute approximate surface area is 154 Å². The number of carbonyl (C=O) groups excluding carboxylic acids is 1. The number of hydrogen-bond acceptors (Lipinski definition) is 2. The normalized spacial score (nSPS) is 17.0. The number of halogens is 4. The quantitative estimate of drug-likeness (QED) is 0.799. The molecule has 1 unspecified atom stereocenters. The molecule has 1 atom stereocenters. The van der Waals surface area contributed by atoms with E-state index in [0.717, 1.165) is 11.6 Å². The van der Waals surface area contributed by atoms with Crippen LogP contribution < -0.4 is 0 Å². The maximum absolute atomic E-state index is 13.4. The summed E-state index contributed by atoms with van der Waals surface area (Å²) in [6.07, 6.45) is -4.43. The molecule has 1 saturated heterocycles. The van der Waals surface area contributed by atoms with Gasteiger partial charge in [-0.05, 0) is 42.5 Å². The van der Waals surface area contributed by atoms with Crippen molar-refractivity contribution >= 4 is 5.91 Å². The molecular weight excluding hydrogens is 362 g/mol. The first kappa shape index (κ1) is 19.4. The van der Waals surface area contributed by atoms with Crippen LogP contribution in [0.3, 0.4) is 0 Å². The van der Waals surface area contributed by atoms with E-state index in [1.165, 1.54) is 4.90 Å². The molecular formula is C20H19F4NO2. The van der Waals surface area contributed by atoms with E-state index in [-0.39, 0.29) is 11.5 Å². The molecule has 0 saturated carbocycles. The smallest absolute Gasteiger partial charge is 0.388 e. The summed E-state index contributed by atoms with van der Waals surface area (Å²) in [6, 6.07) is 11.5. The first-order chi connectivity index (χ1) is 12.8. The summed E-state index contributed by atoms with van der Waals surface area (Å²) in [5, 5.41) is 10.5. The summed E-state index contributed by atoms with van der Waals surface area (Å²) in [4.78, 5) is 14.0. The Hall–Kier alpha value is -2.41. The molecule has 27 heavy (non-hydrogen) atoms. The number of amides is 1. The summed E-state index contributed by atoms with van der Waals surface area (Å²) in [5.41, 5.74) is -0.829. The van der Waals surface area contributed by atoms with Crippen molar-refractivity contribution in [3.8, 4) is 0 Å². The average molecular weight is 381 g/mol. The van der Waals surface area contributed by atoms with Crippen LogP contribution in [0.15, 0.2) is 48.5 Å². The Morgan fingerprint density at radius 1 is 1.07 bits per heavy atom. The highest BCUT2D eigenvalue weighted by Gasteiger charge is 2.35. The van der Waals surface area contributed by atoms with Gasteiger partial charge in [-0.15, -0.1) is 0 Å². The second-order valence-electron chi connectivity index (χ2n) is 6.68. The Morgan fingerprint density at radius 3 is 2.30 bits per heavy atom. The minimum atomic E-state index is -4.85. The Bertz CT molecular complexity index is 799. The van der Waals surface area contributed by atoms with E-state index in [4.69, 9.17) is 0 Å². The summed E-state index contributed by atoms with van der Waals surface area (Å²) in [5.74, 6) is -1.99. The van der Waals surface area contributed by atoms with E-state index in [1.807, 2.05) is 30.3 Å². The van der Waals surface area contributed by atoms with Crippen molar-refractivity contribution in [2.75, 3.05) is 13.1 Å². The maximum atomic E-state index is 13.4. The van der Waals surface area contributed by atoms with Crippen LogP contribution in [0, 0.1) is 11.7 Å². The third-order valence-corrected chi connectivity index (χ3v) is 4.93. The van der Waals surface area contributed by atoms with Gasteiger partial charge < -0.3 is 10.0 Å². The van der Waals surface area contributed by atoms with Crippen molar-refractivity contribution in [2.24, 2.45) is 5.92 Å². The van der Waals surface area contributed by atoms with Gasteiger partial charge >= 0.3 is 6.18 Å². The first-order valence-electron chi connectivity index (χ1n) is 8.66. The lowest BCUT2D eigenvalue weighted by molar-refractivity contribution is -0.140. The van der Waals surface area contributed by atoms with E-state index in [1.54, 1.807) is 0 Å². The molecule has 1 aliphatic rings. The van der Waals surface area contributed by atoms with E-state index < -0.39 is 29.6 Å². The number of carbonyl (C=O) groups is 1. The summed E-state index contributed by atoms with van der Waals surface area (Å²) in [7, 11) is 0. The van der Waals surface area contributed by atoms with Gasteiger partial charge in [-0.25, -0.2) is 4.39 Å². The van der Waals surface area contributed by atoms with Crippen molar-refractivity contribution in [1.82, 2.24) is 4.90 Å².